The zero-order chi connectivity index (χ0) is 24.1. The molecule has 33 heavy (non-hydrogen) atoms. The van der Waals surface area contributed by atoms with Crippen LogP contribution in [0, 0.1) is 0 Å². The predicted octanol–water partition coefficient (Wildman–Crippen LogP) is 3.09. The van der Waals surface area contributed by atoms with Crippen molar-refractivity contribution in [3.63, 3.8) is 0 Å². The molecule has 1 aliphatic rings. The first kappa shape index (κ1) is 24.1. The van der Waals surface area contributed by atoms with Gasteiger partial charge in [0.05, 0.1) is 38.5 Å². The molecule has 0 unspecified atom stereocenters. The first-order valence-corrected chi connectivity index (χ1v) is 10.6. The number of nitrogens with zero attached hydrogens (tertiary/aromatic N) is 2. The molecule has 1 saturated heterocycles. The standard InChI is InChI=1S/C25H30N2O6/c1-26(2)13-6-14-27-22(16-7-9-17(31-3)10-8-16)21(24(29)25(27)30)23(28)19-12-11-18(32-4)15-20(19)33-5/h7-12,15,22,28H,6,13-14H2,1-5H3/t22-/m0/s1. The Morgan fingerprint density at radius 2 is 1.61 bits per heavy atom. The second-order valence-electron chi connectivity index (χ2n) is 7.99. The van der Waals surface area contributed by atoms with Gasteiger partial charge in [0.2, 0.25) is 0 Å². The molecule has 1 heterocycles. The van der Waals surface area contributed by atoms with E-state index in [2.05, 4.69) is 0 Å². The second-order valence-corrected chi connectivity index (χ2v) is 7.99. The molecule has 0 saturated carbocycles. The summed E-state index contributed by atoms with van der Waals surface area (Å²) in [6.07, 6.45) is 0.679. The van der Waals surface area contributed by atoms with Gasteiger partial charge in [-0.05, 0) is 56.9 Å². The lowest BCUT2D eigenvalue weighted by Gasteiger charge is -2.26. The van der Waals surface area contributed by atoms with Crippen molar-refractivity contribution in [3.05, 3.63) is 59.2 Å². The van der Waals surface area contributed by atoms with E-state index < -0.39 is 17.7 Å². The molecule has 8 heteroatoms. The SMILES string of the molecule is COc1ccc([C@H]2C(=C(O)c3ccc(OC)cc3OC)C(=O)C(=O)N2CCCN(C)C)cc1. The fraction of sp³-hybridized carbons (Fsp3) is 0.360. The first-order chi connectivity index (χ1) is 15.8. The van der Waals surface area contributed by atoms with E-state index in [4.69, 9.17) is 14.2 Å². The molecule has 0 spiro atoms. The molecular formula is C25H30N2O6. The van der Waals surface area contributed by atoms with Crippen LogP contribution in [0.15, 0.2) is 48.0 Å². The van der Waals surface area contributed by atoms with Gasteiger partial charge in [0.25, 0.3) is 11.7 Å². The van der Waals surface area contributed by atoms with E-state index in [-0.39, 0.29) is 11.3 Å². The molecule has 1 fully saturated rings. The number of benzene rings is 2. The summed E-state index contributed by atoms with van der Waals surface area (Å²) < 4.78 is 15.9. The molecule has 1 atom stereocenters. The molecule has 1 N–H and O–H groups in total. The minimum atomic E-state index is -0.732. The van der Waals surface area contributed by atoms with Crippen LogP contribution >= 0.6 is 0 Å². The van der Waals surface area contributed by atoms with E-state index in [9.17, 15) is 14.7 Å². The lowest BCUT2D eigenvalue weighted by Crippen LogP contribution is -2.32. The van der Waals surface area contributed by atoms with E-state index in [1.807, 2.05) is 19.0 Å². The molecule has 0 aromatic heterocycles. The Morgan fingerprint density at radius 1 is 0.970 bits per heavy atom. The number of aliphatic hydroxyl groups excluding tert-OH is 1. The zero-order valence-corrected chi connectivity index (χ0v) is 19.6. The fourth-order valence-corrected chi connectivity index (χ4v) is 3.94. The highest BCUT2D eigenvalue weighted by atomic mass is 16.5. The number of carbonyl (C=O) groups excluding carboxylic acids is 2. The van der Waals surface area contributed by atoms with Gasteiger partial charge in [-0.2, -0.15) is 0 Å². The molecule has 0 aliphatic carbocycles. The summed E-state index contributed by atoms with van der Waals surface area (Å²) in [6.45, 7) is 1.13. The van der Waals surface area contributed by atoms with Gasteiger partial charge in [-0.25, -0.2) is 0 Å². The Labute approximate surface area is 194 Å². The van der Waals surface area contributed by atoms with Crippen LogP contribution in [0.3, 0.4) is 0 Å². The predicted molar refractivity (Wildman–Crippen MR) is 125 cm³/mol. The largest absolute Gasteiger partial charge is 0.507 e. The smallest absolute Gasteiger partial charge is 0.295 e. The summed E-state index contributed by atoms with van der Waals surface area (Å²) in [6, 6.07) is 11.3. The van der Waals surface area contributed by atoms with Crippen LogP contribution in [0.4, 0.5) is 0 Å². The third-order valence-electron chi connectivity index (χ3n) is 5.64. The number of hydrogen-bond acceptors (Lipinski definition) is 7. The minimum absolute atomic E-state index is 0.0264. The molecule has 2 aromatic rings. The maximum absolute atomic E-state index is 13.1. The Morgan fingerprint density at radius 3 is 2.18 bits per heavy atom. The van der Waals surface area contributed by atoms with Crippen molar-refractivity contribution >= 4 is 17.4 Å². The molecule has 0 radical (unpaired) electrons. The third-order valence-corrected chi connectivity index (χ3v) is 5.64. The second kappa shape index (κ2) is 10.4. The number of hydrogen-bond donors (Lipinski definition) is 1. The van der Waals surface area contributed by atoms with Crippen LogP contribution in [0.1, 0.15) is 23.6 Å². The van der Waals surface area contributed by atoms with E-state index in [0.29, 0.717) is 41.3 Å². The molecule has 8 nitrogen and oxygen atoms in total. The van der Waals surface area contributed by atoms with Crippen LogP contribution in [-0.2, 0) is 9.59 Å². The van der Waals surface area contributed by atoms with Crippen molar-refractivity contribution < 1.29 is 28.9 Å². The highest BCUT2D eigenvalue weighted by Gasteiger charge is 2.46. The van der Waals surface area contributed by atoms with E-state index in [1.165, 1.54) is 19.1 Å². The lowest BCUT2D eigenvalue weighted by molar-refractivity contribution is -0.139. The maximum Gasteiger partial charge on any atom is 0.295 e. The van der Waals surface area contributed by atoms with Crippen LogP contribution in [0.2, 0.25) is 0 Å². The van der Waals surface area contributed by atoms with E-state index in [1.54, 1.807) is 49.6 Å². The summed E-state index contributed by atoms with van der Waals surface area (Å²) >= 11 is 0. The van der Waals surface area contributed by atoms with Crippen LogP contribution in [0.5, 0.6) is 17.2 Å². The number of rotatable bonds is 9. The van der Waals surface area contributed by atoms with Gasteiger partial charge in [-0.3, -0.25) is 9.59 Å². The summed E-state index contributed by atoms with van der Waals surface area (Å²) in [5.41, 5.74) is 1.04. The van der Waals surface area contributed by atoms with Crippen molar-refractivity contribution in [1.82, 2.24) is 9.80 Å². The molecule has 3 rings (SSSR count). The first-order valence-electron chi connectivity index (χ1n) is 10.6. The number of ketones is 1. The van der Waals surface area contributed by atoms with Crippen LogP contribution in [0.25, 0.3) is 5.76 Å². The molecule has 0 bridgehead atoms. The minimum Gasteiger partial charge on any atom is -0.507 e. The van der Waals surface area contributed by atoms with Gasteiger partial charge >= 0.3 is 0 Å². The maximum atomic E-state index is 13.1. The molecule has 1 amide bonds. The summed E-state index contributed by atoms with van der Waals surface area (Å²) in [5.74, 6) is -0.123. The molecule has 2 aromatic carbocycles. The third kappa shape index (κ3) is 4.96. The zero-order valence-electron chi connectivity index (χ0n) is 19.6. The fourth-order valence-electron chi connectivity index (χ4n) is 3.94. The topological polar surface area (TPSA) is 88.5 Å². The Balaban J connectivity index is 2.13. The van der Waals surface area contributed by atoms with Crippen molar-refractivity contribution in [1.29, 1.82) is 0 Å². The number of ether oxygens (including phenoxy) is 3. The van der Waals surface area contributed by atoms with Gasteiger partial charge < -0.3 is 29.1 Å². The average molecular weight is 455 g/mol. The van der Waals surface area contributed by atoms with Crippen molar-refractivity contribution in [2.24, 2.45) is 0 Å². The summed E-state index contributed by atoms with van der Waals surface area (Å²) in [4.78, 5) is 29.7. The number of Topliss-reactive ketones (excluding diaryl/α,β-unsaturated/α-hetero) is 1. The number of carbonyl (C=O) groups is 2. The van der Waals surface area contributed by atoms with Crippen molar-refractivity contribution in [2.45, 2.75) is 12.5 Å². The monoisotopic (exact) mass is 454 g/mol. The van der Waals surface area contributed by atoms with Crippen LogP contribution in [-0.4, -0.2) is 75.1 Å². The van der Waals surface area contributed by atoms with Crippen molar-refractivity contribution in [3.8, 4) is 17.2 Å². The number of amides is 1. The highest BCUT2D eigenvalue weighted by molar-refractivity contribution is 6.46. The number of likely N-dealkylation sites (tertiary alicyclic amines) is 1. The van der Waals surface area contributed by atoms with Crippen molar-refractivity contribution in [2.75, 3.05) is 48.5 Å². The van der Waals surface area contributed by atoms with Gasteiger partial charge in [0.15, 0.2) is 0 Å². The van der Waals surface area contributed by atoms with Gasteiger partial charge in [-0.1, -0.05) is 12.1 Å². The highest BCUT2D eigenvalue weighted by Crippen LogP contribution is 2.41. The summed E-state index contributed by atoms with van der Waals surface area (Å²) in [7, 11) is 8.46. The van der Waals surface area contributed by atoms with Crippen LogP contribution < -0.4 is 14.2 Å². The van der Waals surface area contributed by atoms with Gasteiger partial charge in [0.1, 0.15) is 23.0 Å². The normalized spacial score (nSPS) is 17.5. The molecular weight excluding hydrogens is 424 g/mol. The molecule has 176 valence electrons. The van der Waals surface area contributed by atoms with E-state index >= 15 is 0 Å². The Hall–Kier alpha value is -3.52. The number of aliphatic hydroxyl groups is 1. The average Bonchev–Trinajstić information content (AvgIpc) is 3.08. The quantitative estimate of drug-likeness (QED) is 0.354. The number of methoxy groups -OCH3 is 3. The Bertz CT molecular complexity index is 1050. The lowest BCUT2D eigenvalue weighted by atomic mass is 9.95. The molecule has 1 aliphatic heterocycles. The summed E-state index contributed by atoms with van der Waals surface area (Å²) in [5, 5.41) is 11.3. The Kier molecular flexibility index (Phi) is 7.60. The van der Waals surface area contributed by atoms with E-state index in [0.717, 1.165) is 6.54 Å². The van der Waals surface area contributed by atoms with Gasteiger partial charge in [-0.15, -0.1) is 0 Å². The van der Waals surface area contributed by atoms with Gasteiger partial charge in [0, 0.05) is 12.6 Å².